The van der Waals surface area contributed by atoms with Crippen molar-refractivity contribution in [3.63, 3.8) is 0 Å². The number of alkyl halides is 3. The van der Waals surface area contributed by atoms with E-state index in [-0.39, 0.29) is 0 Å². The fourth-order valence-electron chi connectivity index (χ4n) is 3.43. The molecule has 146 valence electrons. The minimum Gasteiger partial charge on any atom is -0.423 e. The number of rotatable bonds is 3. The maximum absolute atomic E-state index is 13.5. The van der Waals surface area contributed by atoms with E-state index in [1.54, 1.807) is 12.1 Å². The van der Waals surface area contributed by atoms with Crippen molar-refractivity contribution < 1.29 is 27.6 Å². The zero-order valence-electron chi connectivity index (χ0n) is 14.9. The van der Waals surface area contributed by atoms with Gasteiger partial charge < -0.3 is 19.9 Å². The Morgan fingerprint density at radius 1 is 1.18 bits per heavy atom. The fraction of sp³-hybridized carbons (Fsp3) is 0.316. The Labute approximate surface area is 160 Å². The monoisotopic (exact) mass is 390 g/mol. The Morgan fingerprint density at radius 2 is 1.96 bits per heavy atom. The van der Waals surface area contributed by atoms with Gasteiger partial charge in [-0.25, -0.2) is 0 Å². The summed E-state index contributed by atoms with van der Waals surface area (Å²) in [5.74, 6) is -0.853. The van der Waals surface area contributed by atoms with Crippen molar-refractivity contribution in [3.05, 3.63) is 53.1 Å². The second kappa shape index (κ2) is 7.14. The summed E-state index contributed by atoms with van der Waals surface area (Å²) in [4.78, 5) is 14.4. The first-order chi connectivity index (χ1) is 13.3. The van der Waals surface area contributed by atoms with Gasteiger partial charge in [0.1, 0.15) is 0 Å². The number of nitrogens with one attached hydrogen (secondary N) is 1. The molecule has 28 heavy (non-hydrogen) atoms. The quantitative estimate of drug-likeness (QED) is 0.791. The van der Waals surface area contributed by atoms with E-state index < -0.39 is 30.3 Å². The van der Waals surface area contributed by atoms with Gasteiger partial charge in [0.15, 0.2) is 0 Å². The van der Waals surface area contributed by atoms with Crippen LogP contribution in [0.4, 0.5) is 24.5 Å². The second-order valence-electron chi connectivity index (χ2n) is 6.91. The second-order valence-corrected chi connectivity index (χ2v) is 6.91. The molecular weight excluding hydrogens is 372 g/mol. The van der Waals surface area contributed by atoms with Gasteiger partial charge in [-0.1, -0.05) is 6.07 Å². The zero-order chi connectivity index (χ0) is 19.9. The molecule has 1 fully saturated rings. The van der Waals surface area contributed by atoms with E-state index >= 15 is 0 Å². The van der Waals surface area contributed by atoms with Crippen LogP contribution in [0.15, 0.2) is 36.4 Å². The van der Waals surface area contributed by atoms with Crippen LogP contribution in [0.1, 0.15) is 27.9 Å². The lowest BCUT2D eigenvalue weighted by atomic mass is 9.73. The van der Waals surface area contributed by atoms with Crippen LogP contribution in [0.25, 0.3) is 0 Å². The Kier molecular flexibility index (Phi) is 4.80. The van der Waals surface area contributed by atoms with Gasteiger partial charge in [-0.15, -0.1) is 0 Å². The number of benzene rings is 2. The highest BCUT2D eigenvalue weighted by Gasteiger charge is 2.36. The van der Waals surface area contributed by atoms with Crippen LogP contribution in [0.5, 0.6) is 0 Å². The van der Waals surface area contributed by atoms with Gasteiger partial charge in [0.05, 0.1) is 11.1 Å². The summed E-state index contributed by atoms with van der Waals surface area (Å²) in [6.45, 7) is 1.81. The average Bonchev–Trinajstić information content (AvgIpc) is 2.60. The fourth-order valence-corrected chi connectivity index (χ4v) is 3.43. The van der Waals surface area contributed by atoms with Crippen molar-refractivity contribution in [2.45, 2.75) is 19.0 Å². The van der Waals surface area contributed by atoms with Gasteiger partial charge in [0.2, 0.25) is 0 Å². The largest absolute Gasteiger partial charge is 0.491 e. The Morgan fingerprint density at radius 3 is 2.64 bits per heavy atom. The van der Waals surface area contributed by atoms with Crippen LogP contribution in [0, 0.1) is 0 Å². The van der Waals surface area contributed by atoms with Crippen LogP contribution < -0.4 is 15.7 Å². The molecule has 0 atom stereocenters. The number of halogens is 3. The molecule has 2 aliphatic heterocycles. The molecule has 2 heterocycles. The minimum atomic E-state index is -4.65. The molecule has 2 aromatic rings. The van der Waals surface area contributed by atoms with Gasteiger partial charge in [-0.2, -0.15) is 13.2 Å². The highest BCUT2D eigenvalue weighted by Crippen LogP contribution is 2.36. The summed E-state index contributed by atoms with van der Waals surface area (Å²) >= 11 is 0. The number of carbonyl (C=O) groups excluding carboxylic acids is 1. The Balaban J connectivity index is 1.62. The molecule has 4 rings (SSSR count). The van der Waals surface area contributed by atoms with Crippen molar-refractivity contribution in [1.82, 2.24) is 0 Å². The molecule has 2 N–H and O–H groups in total. The van der Waals surface area contributed by atoms with Gasteiger partial charge in [0.25, 0.3) is 5.91 Å². The van der Waals surface area contributed by atoms with E-state index in [9.17, 15) is 23.0 Å². The van der Waals surface area contributed by atoms with Gasteiger partial charge in [-0.3, -0.25) is 4.79 Å². The lowest BCUT2D eigenvalue weighted by Gasteiger charge is -2.33. The number of hydrogen-bond acceptors (Lipinski definition) is 4. The molecule has 1 saturated heterocycles. The zero-order valence-corrected chi connectivity index (χ0v) is 14.9. The van der Waals surface area contributed by atoms with Crippen molar-refractivity contribution in [2.24, 2.45) is 0 Å². The summed E-state index contributed by atoms with van der Waals surface area (Å²) in [7, 11) is -1.11. The Hall–Kier alpha value is -2.52. The SMILES string of the molecule is O=C(Nc1ccc2c(c1)B(O)OCC2)c1ccc(N2CCC2)cc1C(F)(F)F. The highest BCUT2D eigenvalue weighted by atomic mass is 19.4. The first-order valence-corrected chi connectivity index (χ1v) is 9.03. The van der Waals surface area contributed by atoms with E-state index in [0.717, 1.165) is 18.1 Å². The molecule has 0 unspecified atom stereocenters. The van der Waals surface area contributed by atoms with E-state index in [2.05, 4.69) is 5.32 Å². The van der Waals surface area contributed by atoms with Crippen LogP contribution >= 0.6 is 0 Å². The molecule has 0 spiro atoms. The summed E-state index contributed by atoms with van der Waals surface area (Å²) in [5, 5.41) is 12.4. The number of fused-ring (bicyclic) bond motifs is 1. The normalized spacial score (nSPS) is 16.4. The standard InChI is InChI=1S/C19H18BF3N2O3/c21-19(22,23)16-11-14(25-7-1-8-25)4-5-15(16)18(26)24-13-3-2-12-6-9-28-20(27)17(12)10-13/h2-5,10-11,27H,1,6-9H2,(H,24,26). The molecule has 0 radical (unpaired) electrons. The van der Waals surface area contributed by atoms with E-state index in [1.807, 2.05) is 4.90 Å². The van der Waals surface area contributed by atoms with Gasteiger partial charge >= 0.3 is 13.3 Å². The third-order valence-electron chi connectivity index (χ3n) is 5.09. The first kappa shape index (κ1) is 18.8. The molecule has 2 aromatic carbocycles. The van der Waals surface area contributed by atoms with Crippen molar-refractivity contribution in [3.8, 4) is 0 Å². The maximum Gasteiger partial charge on any atom is 0.491 e. The number of anilines is 2. The van der Waals surface area contributed by atoms with Crippen molar-refractivity contribution >= 4 is 29.9 Å². The molecular formula is C19H18BF3N2O3. The van der Waals surface area contributed by atoms with Crippen LogP contribution in [-0.2, 0) is 17.3 Å². The molecule has 5 nitrogen and oxygen atoms in total. The van der Waals surface area contributed by atoms with E-state index in [4.69, 9.17) is 4.65 Å². The molecule has 0 aromatic heterocycles. The number of nitrogens with zero attached hydrogens (tertiary/aromatic N) is 1. The predicted octanol–water partition coefficient (Wildman–Crippen LogP) is 2.43. The summed E-state index contributed by atoms with van der Waals surface area (Å²) < 4.78 is 45.8. The van der Waals surface area contributed by atoms with Crippen LogP contribution in [0.2, 0.25) is 0 Å². The third-order valence-corrected chi connectivity index (χ3v) is 5.09. The summed E-state index contributed by atoms with van der Waals surface area (Å²) in [5.41, 5.74) is 0.749. The number of amides is 1. The lowest BCUT2D eigenvalue weighted by Crippen LogP contribution is -2.41. The smallest absolute Gasteiger partial charge is 0.423 e. The maximum atomic E-state index is 13.5. The van der Waals surface area contributed by atoms with E-state index in [0.29, 0.717) is 43.0 Å². The lowest BCUT2D eigenvalue weighted by molar-refractivity contribution is -0.137. The number of hydrogen-bond donors (Lipinski definition) is 2. The summed E-state index contributed by atoms with van der Waals surface area (Å²) in [6, 6.07) is 8.64. The third kappa shape index (κ3) is 3.59. The van der Waals surface area contributed by atoms with Gasteiger partial charge in [-0.05, 0) is 54.2 Å². The molecule has 2 aliphatic rings. The van der Waals surface area contributed by atoms with Crippen LogP contribution in [0.3, 0.4) is 0 Å². The predicted molar refractivity (Wildman–Crippen MR) is 99.9 cm³/mol. The van der Waals surface area contributed by atoms with Crippen molar-refractivity contribution in [1.29, 1.82) is 0 Å². The molecule has 0 saturated carbocycles. The van der Waals surface area contributed by atoms with Gasteiger partial charge in [0, 0.05) is 31.1 Å². The minimum absolute atomic E-state index is 0.299. The molecule has 1 amide bonds. The Bertz CT molecular complexity index is 916. The number of carbonyl (C=O) groups is 1. The van der Waals surface area contributed by atoms with Crippen LogP contribution in [-0.4, -0.2) is 37.7 Å². The average molecular weight is 390 g/mol. The van der Waals surface area contributed by atoms with E-state index in [1.165, 1.54) is 18.2 Å². The highest BCUT2D eigenvalue weighted by molar-refractivity contribution is 6.61. The molecule has 0 aliphatic carbocycles. The topological polar surface area (TPSA) is 61.8 Å². The first-order valence-electron chi connectivity index (χ1n) is 9.03. The van der Waals surface area contributed by atoms with Crippen molar-refractivity contribution in [2.75, 3.05) is 29.9 Å². The summed E-state index contributed by atoms with van der Waals surface area (Å²) in [6.07, 6.45) is -3.08. The molecule has 0 bridgehead atoms. The molecule has 9 heteroatoms.